The monoisotopic (exact) mass is 322 g/mol. The summed E-state index contributed by atoms with van der Waals surface area (Å²) in [4.78, 5) is 0. The molecule has 4 saturated carbocycles. The first-order valence-corrected chi connectivity index (χ1v) is 9.91. The third kappa shape index (κ3) is 2.70. The average Bonchev–Trinajstić information content (AvgIpc) is 2.74. The van der Waals surface area contributed by atoms with Gasteiger partial charge in [0.1, 0.15) is 0 Å². The first kappa shape index (κ1) is 14.6. The normalized spacial score (nSPS) is 46.0. The fourth-order valence-corrected chi connectivity index (χ4v) is 8.31. The molecular weight excluding hydrogens is 296 g/mol. The van der Waals surface area contributed by atoms with Gasteiger partial charge in [-0.1, -0.05) is 13.8 Å². The van der Waals surface area contributed by atoms with Crippen LogP contribution in [0, 0.1) is 22.2 Å². The molecule has 21 heavy (non-hydrogen) atoms. The number of thiophene rings is 1. The van der Waals surface area contributed by atoms with E-state index in [1.165, 1.54) is 50.5 Å². The molecule has 1 aromatic heterocycles. The summed E-state index contributed by atoms with van der Waals surface area (Å²) >= 11 is 8.60. The standard InChI is InChI=1S/C19H27ClS/c1-17-6-15-7-18(2,11-17)13-19(8-15,12-17)9-16(20)5-14-3-4-21-10-14/h3-4,10,15-16H,5-9,11-13H2,1-2H3. The first-order chi connectivity index (χ1) is 9.88. The van der Waals surface area contributed by atoms with Gasteiger partial charge in [-0.25, -0.2) is 0 Å². The van der Waals surface area contributed by atoms with E-state index >= 15 is 0 Å². The smallest absolute Gasteiger partial charge is 0.0382 e. The Morgan fingerprint density at radius 2 is 1.90 bits per heavy atom. The molecule has 4 aliphatic rings. The molecule has 4 bridgehead atoms. The Balaban J connectivity index is 1.51. The van der Waals surface area contributed by atoms with Crippen LogP contribution in [-0.4, -0.2) is 5.38 Å². The molecule has 0 spiro atoms. The molecule has 2 heteroatoms. The molecule has 0 aliphatic heterocycles. The van der Waals surface area contributed by atoms with E-state index in [9.17, 15) is 0 Å². The van der Waals surface area contributed by atoms with Gasteiger partial charge >= 0.3 is 0 Å². The lowest BCUT2D eigenvalue weighted by Gasteiger charge is -2.66. The molecule has 116 valence electrons. The van der Waals surface area contributed by atoms with E-state index in [2.05, 4.69) is 30.7 Å². The number of alkyl halides is 1. The van der Waals surface area contributed by atoms with Gasteiger partial charge in [-0.3, -0.25) is 0 Å². The fraction of sp³-hybridized carbons (Fsp3) is 0.789. The van der Waals surface area contributed by atoms with Crippen molar-refractivity contribution in [2.24, 2.45) is 22.2 Å². The van der Waals surface area contributed by atoms with E-state index in [0.29, 0.717) is 21.6 Å². The summed E-state index contributed by atoms with van der Waals surface area (Å²) in [6, 6.07) is 2.24. The number of hydrogen-bond acceptors (Lipinski definition) is 1. The van der Waals surface area contributed by atoms with Crippen molar-refractivity contribution < 1.29 is 0 Å². The molecule has 1 heterocycles. The molecule has 5 rings (SSSR count). The van der Waals surface area contributed by atoms with Crippen molar-refractivity contribution in [1.29, 1.82) is 0 Å². The van der Waals surface area contributed by atoms with E-state index in [-0.39, 0.29) is 0 Å². The summed E-state index contributed by atoms with van der Waals surface area (Å²) in [5, 5.41) is 4.76. The van der Waals surface area contributed by atoms with Crippen LogP contribution in [-0.2, 0) is 6.42 Å². The minimum atomic E-state index is 0.322. The quantitative estimate of drug-likeness (QED) is 0.572. The molecule has 3 unspecified atom stereocenters. The summed E-state index contributed by atoms with van der Waals surface area (Å²) in [5.74, 6) is 0.987. The van der Waals surface area contributed by atoms with Gasteiger partial charge in [0.2, 0.25) is 0 Å². The van der Waals surface area contributed by atoms with Crippen LogP contribution in [0.1, 0.15) is 64.4 Å². The third-order valence-electron chi connectivity index (χ3n) is 6.43. The van der Waals surface area contributed by atoms with Crippen LogP contribution in [0.3, 0.4) is 0 Å². The van der Waals surface area contributed by atoms with Gasteiger partial charge in [-0.05, 0) is 95.9 Å². The maximum atomic E-state index is 6.80. The topological polar surface area (TPSA) is 0 Å². The minimum Gasteiger partial charge on any atom is -0.152 e. The van der Waals surface area contributed by atoms with E-state index in [0.717, 1.165) is 12.3 Å². The van der Waals surface area contributed by atoms with Crippen LogP contribution in [0.2, 0.25) is 0 Å². The second-order valence-electron chi connectivity index (χ2n) is 9.27. The van der Waals surface area contributed by atoms with Crippen LogP contribution >= 0.6 is 22.9 Å². The van der Waals surface area contributed by atoms with E-state index in [1.54, 1.807) is 11.3 Å². The third-order valence-corrected chi connectivity index (χ3v) is 7.47. The van der Waals surface area contributed by atoms with Crippen molar-refractivity contribution >= 4 is 22.9 Å². The fourth-order valence-electron chi connectivity index (χ4n) is 7.12. The highest BCUT2D eigenvalue weighted by atomic mass is 35.5. The van der Waals surface area contributed by atoms with Gasteiger partial charge in [0, 0.05) is 5.38 Å². The molecule has 0 amide bonds. The summed E-state index contributed by atoms with van der Waals surface area (Å²) in [5.41, 5.74) is 3.23. The van der Waals surface area contributed by atoms with Gasteiger partial charge in [-0.2, -0.15) is 11.3 Å². The number of hydrogen-bond donors (Lipinski definition) is 0. The van der Waals surface area contributed by atoms with Crippen molar-refractivity contribution in [3.05, 3.63) is 22.4 Å². The zero-order valence-corrected chi connectivity index (χ0v) is 14.9. The Morgan fingerprint density at radius 3 is 2.48 bits per heavy atom. The van der Waals surface area contributed by atoms with Crippen LogP contribution < -0.4 is 0 Å². The molecule has 0 N–H and O–H groups in total. The van der Waals surface area contributed by atoms with Gasteiger partial charge in [0.25, 0.3) is 0 Å². The molecule has 0 radical (unpaired) electrons. The summed E-state index contributed by atoms with van der Waals surface area (Å²) in [7, 11) is 0. The van der Waals surface area contributed by atoms with Gasteiger partial charge in [0.15, 0.2) is 0 Å². The number of rotatable bonds is 4. The van der Waals surface area contributed by atoms with Crippen molar-refractivity contribution in [2.75, 3.05) is 0 Å². The Hall–Kier alpha value is -0.0100. The maximum absolute atomic E-state index is 6.80. The molecular formula is C19H27ClS. The molecule has 0 nitrogen and oxygen atoms in total. The van der Waals surface area contributed by atoms with Crippen LogP contribution in [0.15, 0.2) is 16.8 Å². The van der Waals surface area contributed by atoms with Gasteiger partial charge in [-0.15, -0.1) is 11.6 Å². The van der Waals surface area contributed by atoms with Crippen molar-refractivity contribution in [3.63, 3.8) is 0 Å². The Labute approximate surface area is 138 Å². The van der Waals surface area contributed by atoms with Gasteiger partial charge < -0.3 is 0 Å². The summed E-state index contributed by atoms with van der Waals surface area (Å²) < 4.78 is 0. The predicted molar refractivity (Wildman–Crippen MR) is 92.1 cm³/mol. The minimum absolute atomic E-state index is 0.322. The summed E-state index contributed by atoms with van der Waals surface area (Å²) in [6.07, 6.45) is 11.1. The highest BCUT2D eigenvalue weighted by Crippen LogP contribution is 2.70. The average molecular weight is 323 g/mol. The Bertz CT molecular complexity index is 502. The van der Waals surface area contributed by atoms with E-state index in [4.69, 9.17) is 11.6 Å². The maximum Gasteiger partial charge on any atom is 0.0382 e. The van der Waals surface area contributed by atoms with E-state index in [1.807, 2.05) is 0 Å². The van der Waals surface area contributed by atoms with Crippen molar-refractivity contribution in [2.45, 2.75) is 70.6 Å². The zero-order chi connectivity index (χ0) is 14.7. The lowest BCUT2D eigenvalue weighted by molar-refractivity contribution is -0.147. The molecule has 0 aromatic carbocycles. The first-order valence-electron chi connectivity index (χ1n) is 8.53. The van der Waals surface area contributed by atoms with Crippen molar-refractivity contribution in [3.8, 4) is 0 Å². The molecule has 0 saturated heterocycles. The van der Waals surface area contributed by atoms with Crippen LogP contribution in [0.5, 0.6) is 0 Å². The Morgan fingerprint density at radius 1 is 1.19 bits per heavy atom. The molecule has 4 fully saturated rings. The number of halogens is 1. The Kier molecular flexibility index (Phi) is 3.29. The van der Waals surface area contributed by atoms with Crippen LogP contribution in [0.4, 0.5) is 0 Å². The molecule has 1 aromatic rings. The predicted octanol–water partition coefficient (Wildman–Crippen LogP) is 6.28. The largest absolute Gasteiger partial charge is 0.152 e. The highest BCUT2D eigenvalue weighted by Gasteiger charge is 2.59. The van der Waals surface area contributed by atoms with Gasteiger partial charge in [0.05, 0.1) is 0 Å². The SMILES string of the molecule is CC12CC3CC(C)(C1)CC(CC(Cl)Cc1ccsc1)(C3)C2. The molecule has 3 atom stereocenters. The molecule has 4 aliphatic carbocycles. The lowest BCUT2D eigenvalue weighted by Crippen LogP contribution is -2.55. The summed E-state index contributed by atoms with van der Waals surface area (Å²) in [6.45, 7) is 5.12. The highest BCUT2D eigenvalue weighted by molar-refractivity contribution is 7.07. The zero-order valence-electron chi connectivity index (χ0n) is 13.3. The van der Waals surface area contributed by atoms with Crippen molar-refractivity contribution in [1.82, 2.24) is 0 Å². The van der Waals surface area contributed by atoms with E-state index < -0.39 is 0 Å². The second-order valence-corrected chi connectivity index (χ2v) is 10.7. The lowest BCUT2D eigenvalue weighted by atomic mass is 9.39. The second kappa shape index (κ2) is 4.74. The van der Waals surface area contributed by atoms with Crippen LogP contribution in [0.25, 0.3) is 0 Å².